The summed E-state index contributed by atoms with van der Waals surface area (Å²) in [4.78, 5) is 0. The standard InChI is InChI=1S/C15H15N3/c1-11-4-2-3-5-13(11)10-18-15-7-6-12(9-16)8-14(15)17/h2-8,18H,10,17H2,1H3. The average molecular weight is 237 g/mol. The first-order valence-electron chi connectivity index (χ1n) is 5.78. The van der Waals surface area contributed by atoms with Crippen LogP contribution in [0.25, 0.3) is 0 Å². The summed E-state index contributed by atoms with van der Waals surface area (Å²) in [6.07, 6.45) is 0. The van der Waals surface area contributed by atoms with Crippen LogP contribution in [0.1, 0.15) is 16.7 Å². The van der Waals surface area contributed by atoms with E-state index in [1.165, 1.54) is 11.1 Å². The number of nitriles is 1. The Kier molecular flexibility index (Phi) is 3.49. The Hall–Kier alpha value is -2.47. The lowest BCUT2D eigenvalue weighted by Gasteiger charge is -2.11. The highest BCUT2D eigenvalue weighted by atomic mass is 14.9. The van der Waals surface area contributed by atoms with Gasteiger partial charge in [0.15, 0.2) is 0 Å². The van der Waals surface area contributed by atoms with Gasteiger partial charge in [-0.3, -0.25) is 0 Å². The monoisotopic (exact) mass is 237 g/mol. The van der Waals surface area contributed by atoms with Gasteiger partial charge < -0.3 is 11.1 Å². The molecule has 3 nitrogen and oxygen atoms in total. The van der Waals surface area contributed by atoms with Gasteiger partial charge in [-0.1, -0.05) is 24.3 Å². The molecule has 0 aromatic heterocycles. The molecule has 0 aliphatic rings. The first-order valence-corrected chi connectivity index (χ1v) is 5.78. The van der Waals surface area contributed by atoms with Crippen LogP contribution in [0.15, 0.2) is 42.5 Å². The first kappa shape index (κ1) is 12.0. The minimum Gasteiger partial charge on any atom is -0.397 e. The molecule has 0 aliphatic carbocycles. The summed E-state index contributed by atoms with van der Waals surface area (Å²) in [6, 6.07) is 15.6. The molecular formula is C15H15N3. The molecule has 0 unspecified atom stereocenters. The van der Waals surface area contributed by atoms with Gasteiger partial charge in [0.1, 0.15) is 0 Å². The fourth-order valence-electron chi connectivity index (χ4n) is 1.79. The second-order valence-electron chi connectivity index (χ2n) is 4.19. The van der Waals surface area contributed by atoms with Crippen molar-refractivity contribution in [2.24, 2.45) is 0 Å². The maximum atomic E-state index is 8.77. The Morgan fingerprint density at radius 2 is 2.00 bits per heavy atom. The van der Waals surface area contributed by atoms with Crippen molar-refractivity contribution in [3.63, 3.8) is 0 Å². The van der Waals surface area contributed by atoms with Gasteiger partial charge in [-0.15, -0.1) is 0 Å². The first-order chi connectivity index (χ1) is 8.70. The number of nitrogens with zero attached hydrogens (tertiary/aromatic N) is 1. The molecule has 3 N–H and O–H groups in total. The highest BCUT2D eigenvalue weighted by Crippen LogP contribution is 2.20. The summed E-state index contributed by atoms with van der Waals surface area (Å²) in [7, 11) is 0. The van der Waals surface area contributed by atoms with Crippen LogP contribution in [0.2, 0.25) is 0 Å². The normalized spacial score (nSPS) is 9.78. The highest BCUT2D eigenvalue weighted by molar-refractivity contribution is 5.68. The number of hydrogen-bond acceptors (Lipinski definition) is 3. The lowest BCUT2D eigenvalue weighted by molar-refractivity contribution is 1.12. The van der Waals surface area contributed by atoms with E-state index in [1.807, 2.05) is 18.2 Å². The molecule has 0 saturated carbocycles. The summed E-state index contributed by atoms with van der Waals surface area (Å²) in [6.45, 7) is 2.81. The molecule has 2 aromatic carbocycles. The van der Waals surface area contributed by atoms with E-state index in [1.54, 1.807) is 12.1 Å². The Morgan fingerprint density at radius 1 is 1.22 bits per heavy atom. The molecule has 0 heterocycles. The summed E-state index contributed by atoms with van der Waals surface area (Å²) >= 11 is 0. The van der Waals surface area contributed by atoms with Gasteiger partial charge in [0.25, 0.3) is 0 Å². The largest absolute Gasteiger partial charge is 0.397 e. The van der Waals surface area contributed by atoms with E-state index in [0.29, 0.717) is 11.3 Å². The average Bonchev–Trinajstić information content (AvgIpc) is 2.39. The number of nitrogen functional groups attached to an aromatic ring is 1. The van der Waals surface area contributed by atoms with Crippen molar-refractivity contribution in [3.05, 3.63) is 59.2 Å². The number of hydrogen-bond donors (Lipinski definition) is 2. The summed E-state index contributed by atoms with van der Waals surface area (Å²) < 4.78 is 0. The molecule has 90 valence electrons. The van der Waals surface area contributed by atoms with Crippen LogP contribution in [0.3, 0.4) is 0 Å². The van der Waals surface area contributed by atoms with Crippen molar-refractivity contribution in [2.75, 3.05) is 11.1 Å². The number of rotatable bonds is 3. The van der Waals surface area contributed by atoms with Crippen LogP contribution in [0, 0.1) is 18.3 Å². The molecule has 2 rings (SSSR count). The van der Waals surface area contributed by atoms with Crippen LogP contribution in [0.5, 0.6) is 0 Å². The second-order valence-corrected chi connectivity index (χ2v) is 4.19. The topological polar surface area (TPSA) is 61.8 Å². The Labute approximate surface area is 107 Å². The molecule has 0 aliphatic heterocycles. The molecule has 18 heavy (non-hydrogen) atoms. The van der Waals surface area contributed by atoms with E-state index in [9.17, 15) is 0 Å². The zero-order valence-corrected chi connectivity index (χ0v) is 10.3. The van der Waals surface area contributed by atoms with E-state index in [0.717, 1.165) is 12.2 Å². The van der Waals surface area contributed by atoms with Crippen molar-refractivity contribution in [1.29, 1.82) is 5.26 Å². The van der Waals surface area contributed by atoms with Crippen LogP contribution < -0.4 is 11.1 Å². The Bertz CT molecular complexity index is 597. The van der Waals surface area contributed by atoms with Gasteiger partial charge >= 0.3 is 0 Å². The van der Waals surface area contributed by atoms with Gasteiger partial charge in [-0.05, 0) is 36.2 Å². The number of benzene rings is 2. The molecule has 3 heteroatoms. The third-order valence-electron chi connectivity index (χ3n) is 2.91. The SMILES string of the molecule is Cc1ccccc1CNc1ccc(C#N)cc1N. The minimum atomic E-state index is 0.578. The zero-order valence-electron chi connectivity index (χ0n) is 10.3. The summed E-state index contributed by atoms with van der Waals surface area (Å²) in [5.74, 6) is 0. The highest BCUT2D eigenvalue weighted by Gasteiger charge is 2.01. The number of anilines is 2. The Balaban J connectivity index is 2.12. The smallest absolute Gasteiger partial charge is 0.0992 e. The van der Waals surface area contributed by atoms with Crippen LogP contribution in [-0.2, 0) is 6.54 Å². The van der Waals surface area contributed by atoms with Crippen molar-refractivity contribution < 1.29 is 0 Å². The third-order valence-corrected chi connectivity index (χ3v) is 2.91. The minimum absolute atomic E-state index is 0.578. The van der Waals surface area contributed by atoms with Crippen molar-refractivity contribution >= 4 is 11.4 Å². The lowest BCUT2D eigenvalue weighted by Crippen LogP contribution is -2.03. The van der Waals surface area contributed by atoms with E-state index in [-0.39, 0.29) is 0 Å². The van der Waals surface area contributed by atoms with E-state index < -0.39 is 0 Å². The fraction of sp³-hybridized carbons (Fsp3) is 0.133. The predicted octanol–water partition coefficient (Wildman–Crippen LogP) is 3.06. The fourth-order valence-corrected chi connectivity index (χ4v) is 1.79. The molecule has 0 bridgehead atoms. The van der Waals surface area contributed by atoms with Crippen LogP contribution in [0.4, 0.5) is 11.4 Å². The predicted molar refractivity (Wildman–Crippen MR) is 74.1 cm³/mol. The van der Waals surface area contributed by atoms with Crippen LogP contribution in [-0.4, -0.2) is 0 Å². The molecule has 0 spiro atoms. The van der Waals surface area contributed by atoms with E-state index in [4.69, 9.17) is 11.0 Å². The number of nitrogens with one attached hydrogen (secondary N) is 1. The van der Waals surface area contributed by atoms with Crippen LogP contribution >= 0.6 is 0 Å². The molecule has 0 saturated heterocycles. The van der Waals surface area contributed by atoms with Gasteiger partial charge in [0, 0.05) is 6.54 Å². The second kappa shape index (κ2) is 5.24. The zero-order chi connectivity index (χ0) is 13.0. The summed E-state index contributed by atoms with van der Waals surface area (Å²) in [5.41, 5.74) is 10.4. The van der Waals surface area contributed by atoms with Gasteiger partial charge in [-0.2, -0.15) is 5.26 Å². The molecule has 0 amide bonds. The van der Waals surface area contributed by atoms with Crippen molar-refractivity contribution in [3.8, 4) is 6.07 Å². The lowest BCUT2D eigenvalue weighted by atomic mass is 10.1. The molecule has 0 fully saturated rings. The van der Waals surface area contributed by atoms with Gasteiger partial charge in [0.05, 0.1) is 23.0 Å². The third kappa shape index (κ3) is 2.61. The molecule has 2 aromatic rings. The van der Waals surface area contributed by atoms with Gasteiger partial charge in [0.2, 0.25) is 0 Å². The van der Waals surface area contributed by atoms with Gasteiger partial charge in [-0.25, -0.2) is 0 Å². The van der Waals surface area contributed by atoms with Crippen molar-refractivity contribution in [2.45, 2.75) is 13.5 Å². The number of aryl methyl sites for hydroxylation is 1. The summed E-state index contributed by atoms with van der Waals surface area (Å²) in [5, 5.41) is 12.1. The maximum absolute atomic E-state index is 8.77. The van der Waals surface area contributed by atoms with E-state index >= 15 is 0 Å². The number of nitrogens with two attached hydrogens (primary N) is 1. The maximum Gasteiger partial charge on any atom is 0.0992 e. The molecule has 0 radical (unpaired) electrons. The van der Waals surface area contributed by atoms with Crippen molar-refractivity contribution in [1.82, 2.24) is 0 Å². The molecule has 0 atom stereocenters. The molecular weight excluding hydrogens is 222 g/mol. The quantitative estimate of drug-likeness (QED) is 0.806. The Morgan fingerprint density at radius 3 is 2.67 bits per heavy atom. The van der Waals surface area contributed by atoms with E-state index in [2.05, 4.69) is 30.4 Å².